The molecule has 0 bridgehead atoms. The number of carbonyl (C=O) groups excluding carboxylic acids is 1. The van der Waals surface area contributed by atoms with Gasteiger partial charge in [-0.1, -0.05) is 0 Å². The highest BCUT2D eigenvalue weighted by atomic mass is 19.1. The molecule has 0 saturated heterocycles. The molecule has 0 atom stereocenters. The van der Waals surface area contributed by atoms with Crippen LogP contribution in [0.15, 0.2) is 48.8 Å². The number of imidazole rings is 1. The molecule has 0 aliphatic heterocycles. The van der Waals surface area contributed by atoms with Crippen LogP contribution >= 0.6 is 0 Å². The zero-order valence-corrected chi connectivity index (χ0v) is 18.2. The third kappa shape index (κ3) is 5.31. The number of nitrogens with zero attached hydrogens (tertiary/aromatic N) is 3. The Labute approximate surface area is 189 Å². The number of amides is 1. The van der Waals surface area contributed by atoms with Gasteiger partial charge in [-0.15, -0.1) is 0 Å². The highest BCUT2D eigenvalue weighted by Gasteiger charge is 2.18. The summed E-state index contributed by atoms with van der Waals surface area (Å²) in [5.41, 5.74) is 1.43. The van der Waals surface area contributed by atoms with E-state index in [4.69, 9.17) is 4.74 Å². The average molecular weight is 451 g/mol. The lowest BCUT2D eigenvalue weighted by Crippen LogP contribution is -2.26. The van der Waals surface area contributed by atoms with Crippen LogP contribution in [0.3, 0.4) is 0 Å². The normalized spacial score (nSPS) is 11.2. The molecule has 170 valence electrons. The Morgan fingerprint density at radius 3 is 2.58 bits per heavy atom. The van der Waals surface area contributed by atoms with Gasteiger partial charge in [0.25, 0.3) is 5.91 Å². The lowest BCUT2D eigenvalue weighted by atomic mass is 10.1. The number of hydrogen-bond acceptors (Lipinski definition) is 5. The Hall–Kier alpha value is -3.88. The first-order valence-electron chi connectivity index (χ1n) is 10.6. The molecule has 2 heterocycles. The van der Waals surface area contributed by atoms with Crippen molar-refractivity contribution in [1.82, 2.24) is 25.3 Å². The van der Waals surface area contributed by atoms with Crippen LogP contribution in [0.5, 0.6) is 5.88 Å². The summed E-state index contributed by atoms with van der Waals surface area (Å²) in [4.78, 5) is 28.7. The fraction of sp³-hybridized carbons (Fsp3) is 0.250. The highest BCUT2D eigenvalue weighted by Crippen LogP contribution is 2.30. The molecule has 2 aromatic carbocycles. The summed E-state index contributed by atoms with van der Waals surface area (Å²) in [5.74, 6) is -0.596. The van der Waals surface area contributed by atoms with Crippen LogP contribution in [0.1, 0.15) is 36.5 Å². The van der Waals surface area contributed by atoms with E-state index in [0.29, 0.717) is 36.2 Å². The van der Waals surface area contributed by atoms with Crippen molar-refractivity contribution in [3.05, 3.63) is 71.8 Å². The smallest absolute Gasteiger partial charge is 0.254 e. The van der Waals surface area contributed by atoms with E-state index in [1.54, 1.807) is 24.5 Å². The summed E-state index contributed by atoms with van der Waals surface area (Å²) >= 11 is 0. The monoisotopic (exact) mass is 451 g/mol. The number of rotatable bonds is 8. The van der Waals surface area contributed by atoms with E-state index in [1.165, 1.54) is 24.3 Å². The van der Waals surface area contributed by atoms with E-state index in [0.717, 1.165) is 5.82 Å². The average Bonchev–Trinajstić information content (AvgIpc) is 3.30. The van der Waals surface area contributed by atoms with Crippen LogP contribution in [0.4, 0.5) is 8.78 Å². The van der Waals surface area contributed by atoms with E-state index < -0.39 is 11.7 Å². The first-order valence-corrected chi connectivity index (χ1v) is 10.6. The minimum Gasteiger partial charge on any atom is -0.473 e. The Bertz CT molecular complexity index is 1260. The topological polar surface area (TPSA) is 92.8 Å². The van der Waals surface area contributed by atoms with E-state index in [2.05, 4.69) is 25.3 Å². The van der Waals surface area contributed by atoms with Crippen LogP contribution in [0.25, 0.3) is 22.3 Å². The Morgan fingerprint density at radius 2 is 1.88 bits per heavy atom. The SMILES string of the molecule is CC(C)Oc1nc2cc(F)c(C(=O)NCCCc3ncc[nH]3)cc2nc1-c1ccc(F)cc1. The summed E-state index contributed by atoms with van der Waals surface area (Å²) in [6.07, 6.45) is 4.51. The number of aryl methyl sites for hydroxylation is 1. The van der Waals surface area contributed by atoms with Crippen LogP contribution in [0.2, 0.25) is 0 Å². The third-order valence-electron chi connectivity index (χ3n) is 4.86. The highest BCUT2D eigenvalue weighted by molar-refractivity contribution is 5.98. The van der Waals surface area contributed by atoms with E-state index in [9.17, 15) is 13.6 Å². The number of carbonyl (C=O) groups is 1. The molecular formula is C24H23F2N5O2. The number of halogens is 2. The van der Waals surface area contributed by atoms with Gasteiger partial charge >= 0.3 is 0 Å². The van der Waals surface area contributed by atoms with Gasteiger partial charge in [-0.05, 0) is 50.6 Å². The Morgan fingerprint density at radius 1 is 1.12 bits per heavy atom. The molecule has 0 aliphatic rings. The number of fused-ring (bicyclic) bond motifs is 1. The molecule has 0 aliphatic carbocycles. The summed E-state index contributed by atoms with van der Waals surface area (Å²) in [6.45, 7) is 4.03. The molecule has 7 nitrogen and oxygen atoms in total. The van der Waals surface area contributed by atoms with Crippen LogP contribution < -0.4 is 10.1 Å². The number of benzene rings is 2. The first-order chi connectivity index (χ1) is 15.9. The van der Waals surface area contributed by atoms with Crippen molar-refractivity contribution >= 4 is 16.9 Å². The van der Waals surface area contributed by atoms with Crippen molar-refractivity contribution in [2.75, 3.05) is 6.54 Å². The van der Waals surface area contributed by atoms with Crippen molar-refractivity contribution < 1.29 is 18.3 Å². The van der Waals surface area contributed by atoms with Gasteiger partial charge in [0.05, 0.1) is 22.7 Å². The molecular weight excluding hydrogens is 428 g/mol. The van der Waals surface area contributed by atoms with Crippen LogP contribution in [0, 0.1) is 11.6 Å². The van der Waals surface area contributed by atoms with Gasteiger partial charge in [0, 0.05) is 37.0 Å². The van der Waals surface area contributed by atoms with Crippen LogP contribution in [-0.4, -0.2) is 38.5 Å². The third-order valence-corrected chi connectivity index (χ3v) is 4.86. The van der Waals surface area contributed by atoms with Gasteiger partial charge in [-0.3, -0.25) is 4.79 Å². The molecule has 0 spiro atoms. The number of nitrogens with one attached hydrogen (secondary N) is 2. The van der Waals surface area contributed by atoms with Gasteiger partial charge in [-0.25, -0.2) is 23.7 Å². The lowest BCUT2D eigenvalue weighted by Gasteiger charge is -2.14. The predicted molar refractivity (Wildman–Crippen MR) is 120 cm³/mol. The molecule has 0 unspecified atom stereocenters. The molecule has 0 saturated carbocycles. The fourth-order valence-electron chi connectivity index (χ4n) is 3.32. The molecule has 0 fully saturated rings. The van der Waals surface area contributed by atoms with Crippen molar-refractivity contribution in [3.8, 4) is 17.1 Å². The summed E-state index contributed by atoms with van der Waals surface area (Å²) in [6, 6.07) is 8.29. The number of aromatic amines is 1. The zero-order chi connectivity index (χ0) is 23.4. The molecule has 33 heavy (non-hydrogen) atoms. The second kappa shape index (κ2) is 9.72. The molecule has 2 aromatic heterocycles. The molecule has 4 rings (SSSR count). The quantitative estimate of drug-likeness (QED) is 0.386. The van der Waals surface area contributed by atoms with Gasteiger partial charge in [0.2, 0.25) is 5.88 Å². The number of aromatic nitrogens is 4. The molecule has 9 heteroatoms. The zero-order valence-electron chi connectivity index (χ0n) is 18.2. The maximum absolute atomic E-state index is 14.7. The number of H-pyrrole nitrogens is 1. The maximum atomic E-state index is 14.7. The van der Waals surface area contributed by atoms with Crippen molar-refractivity contribution in [2.24, 2.45) is 0 Å². The van der Waals surface area contributed by atoms with Crippen molar-refractivity contribution in [1.29, 1.82) is 0 Å². The largest absolute Gasteiger partial charge is 0.473 e. The van der Waals surface area contributed by atoms with Crippen molar-refractivity contribution in [3.63, 3.8) is 0 Å². The van der Waals surface area contributed by atoms with Crippen molar-refractivity contribution in [2.45, 2.75) is 32.8 Å². The van der Waals surface area contributed by atoms with Gasteiger partial charge in [-0.2, -0.15) is 0 Å². The first kappa shape index (κ1) is 22.3. The Balaban J connectivity index is 1.61. The molecule has 2 N–H and O–H groups in total. The second-order valence-corrected chi connectivity index (χ2v) is 7.77. The fourth-order valence-corrected chi connectivity index (χ4v) is 3.32. The van der Waals surface area contributed by atoms with Crippen LogP contribution in [-0.2, 0) is 6.42 Å². The van der Waals surface area contributed by atoms with E-state index >= 15 is 0 Å². The number of ether oxygens (including phenoxy) is 1. The van der Waals surface area contributed by atoms with E-state index in [1.807, 2.05) is 13.8 Å². The lowest BCUT2D eigenvalue weighted by molar-refractivity contribution is 0.0949. The minimum absolute atomic E-state index is 0.127. The maximum Gasteiger partial charge on any atom is 0.254 e. The summed E-state index contributed by atoms with van der Waals surface area (Å²) in [5, 5.41) is 2.72. The van der Waals surface area contributed by atoms with E-state index in [-0.39, 0.29) is 28.9 Å². The molecule has 1 amide bonds. The summed E-state index contributed by atoms with van der Waals surface area (Å²) in [7, 11) is 0. The predicted octanol–water partition coefficient (Wildman–Crippen LogP) is 4.45. The molecule has 0 radical (unpaired) electrons. The van der Waals surface area contributed by atoms with Gasteiger partial charge in [0.1, 0.15) is 23.2 Å². The standard InChI is InChI=1S/C24H23F2N5O2/c1-14(2)33-24-22(15-5-7-16(25)8-6-15)30-19-12-17(18(26)13-20(19)31-24)23(32)29-9-3-4-21-27-10-11-28-21/h5-8,10-14H,3-4,9H2,1-2H3,(H,27,28)(H,29,32). The minimum atomic E-state index is -0.703. The number of hydrogen-bond donors (Lipinski definition) is 2. The molecule has 4 aromatic rings. The van der Waals surface area contributed by atoms with Gasteiger partial charge < -0.3 is 15.0 Å². The second-order valence-electron chi connectivity index (χ2n) is 7.77. The van der Waals surface area contributed by atoms with Gasteiger partial charge in [0.15, 0.2) is 0 Å². The Kier molecular flexibility index (Phi) is 6.58. The summed E-state index contributed by atoms with van der Waals surface area (Å²) < 4.78 is 33.9.